The molecule has 0 aliphatic rings. The molecule has 2 N–H and O–H groups in total. The predicted octanol–water partition coefficient (Wildman–Crippen LogP) is 4.74. The van der Waals surface area contributed by atoms with E-state index >= 15 is 0 Å². The average molecular weight is 365 g/mol. The molecule has 2 atom stereocenters. The zero-order valence-electron chi connectivity index (χ0n) is 14.0. The van der Waals surface area contributed by atoms with E-state index in [1.54, 1.807) is 12.1 Å². The van der Waals surface area contributed by atoms with E-state index in [9.17, 15) is 10.1 Å². The van der Waals surface area contributed by atoms with E-state index in [1.807, 2.05) is 78.9 Å². The molecule has 0 bridgehead atoms. The second-order valence-electron chi connectivity index (χ2n) is 5.63. The van der Waals surface area contributed by atoms with Crippen LogP contribution in [0.15, 0.2) is 95.9 Å². The Kier molecular flexibility index (Phi) is 6.24. The lowest BCUT2D eigenvalue weighted by Crippen LogP contribution is -2.39. The summed E-state index contributed by atoms with van der Waals surface area (Å²) in [5.41, 5.74) is 7.74. The maximum absolute atomic E-state index is 11.9. The minimum absolute atomic E-state index is 0.240. The fourth-order valence-electron chi connectivity index (χ4n) is 2.55. The summed E-state index contributed by atoms with van der Waals surface area (Å²) in [6.45, 7) is 0. The van der Waals surface area contributed by atoms with Crippen LogP contribution in [-0.2, 0) is 0 Å². The monoisotopic (exact) mass is 365 g/mol. The van der Waals surface area contributed by atoms with Crippen LogP contribution in [0.3, 0.4) is 0 Å². The van der Waals surface area contributed by atoms with Crippen molar-refractivity contribution in [2.45, 2.75) is 16.3 Å². The molecule has 0 saturated carbocycles. The highest BCUT2D eigenvalue weighted by atomic mass is 32.2. The minimum Gasteiger partial charge on any atom is -0.320 e. The summed E-state index contributed by atoms with van der Waals surface area (Å²) in [5, 5.41) is 11.4. The topological polar surface area (TPSA) is 67.2 Å². The summed E-state index contributed by atoms with van der Waals surface area (Å²) in [5.74, 6) is 0. The van der Waals surface area contributed by atoms with Crippen LogP contribution in [-0.4, -0.2) is 10.3 Å². The van der Waals surface area contributed by atoms with Gasteiger partial charge in [0, 0.05) is 21.1 Å². The largest absolute Gasteiger partial charge is 0.320 e. The zero-order valence-corrected chi connectivity index (χ0v) is 14.8. The van der Waals surface area contributed by atoms with Gasteiger partial charge in [-0.15, -0.1) is 0 Å². The van der Waals surface area contributed by atoms with Crippen molar-refractivity contribution in [3.05, 3.63) is 107 Å². The molecule has 0 saturated heterocycles. The van der Waals surface area contributed by atoms with Crippen molar-refractivity contribution in [1.29, 1.82) is 0 Å². The molecule has 0 fully saturated rings. The maximum Gasteiger partial charge on any atom is 0.264 e. The van der Waals surface area contributed by atoms with Gasteiger partial charge >= 0.3 is 0 Å². The molecule has 0 radical (unpaired) electrons. The van der Waals surface area contributed by atoms with Gasteiger partial charge in [0.15, 0.2) is 0 Å². The van der Waals surface area contributed by atoms with Gasteiger partial charge in [-0.3, -0.25) is 10.1 Å². The lowest BCUT2D eigenvalue weighted by Gasteiger charge is -2.23. The first-order valence-corrected chi connectivity index (χ1v) is 9.09. The molecule has 5 nitrogen and oxygen atoms in total. The van der Waals surface area contributed by atoms with Crippen LogP contribution in [0, 0.1) is 10.1 Å². The van der Waals surface area contributed by atoms with E-state index in [1.165, 1.54) is 11.8 Å². The number of anilines is 1. The lowest BCUT2D eigenvalue weighted by atomic mass is 10.1. The number of benzene rings is 3. The first-order chi connectivity index (χ1) is 12.7. The molecule has 0 amide bonds. The Balaban J connectivity index is 1.86. The van der Waals surface area contributed by atoms with E-state index < -0.39 is 11.4 Å². The Labute approximate surface area is 156 Å². The number of hydrogen-bond donors (Lipinski definition) is 2. The third kappa shape index (κ3) is 4.84. The summed E-state index contributed by atoms with van der Waals surface area (Å²) < 4.78 is 0. The summed E-state index contributed by atoms with van der Waals surface area (Å²) in [4.78, 5) is 12.6. The quantitative estimate of drug-likeness (QED) is 0.261. The summed E-state index contributed by atoms with van der Waals surface area (Å²) in [6, 6.07) is 27.4. The molecule has 2 unspecified atom stereocenters. The number of nitrogens with zero attached hydrogens (tertiary/aromatic N) is 1. The first-order valence-electron chi connectivity index (χ1n) is 8.21. The third-order valence-corrected chi connectivity index (χ3v) is 4.97. The van der Waals surface area contributed by atoms with Crippen molar-refractivity contribution in [2.75, 3.05) is 5.43 Å². The Morgan fingerprint density at radius 3 is 1.92 bits per heavy atom. The standard InChI is InChI=1S/C20H19N3O2S/c24-23(25)19(16-10-4-1-5-11-16)20(26-18-14-8-3-9-15-18)22-21-17-12-6-2-7-13-17/h1-15,19-22H. The zero-order chi connectivity index (χ0) is 18.2. The summed E-state index contributed by atoms with van der Waals surface area (Å²) in [7, 11) is 0. The molecule has 3 aromatic carbocycles. The SMILES string of the molecule is O=[N+]([O-])C(c1ccccc1)C(NNc1ccccc1)Sc1ccccc1. The number of hydrogen-bond acceptors (Lipinski definition) is 5. The van der Waals surface area contributed by atoms with Crippen LogP contribution in [0.5, 0.6) is 0 Å². The molecule has 3 rings (SSSR count). The second-order valence-corrected chi connectivity index (χ2v) is 6.84. The second kappa shape index (κ2) is 9.03. The van der Waals surface area contributed by atoms with Crippen molar-refractivity contribution < 1.29 is 4.92 Å². The smallest absolute Gasteiger partial charge is 0.264 e. The van der Waals surface area contributed by atoms with Gasteiger partial charge in [-0.25, -0.2) is 5.43 Å². The van der Waals surface area contributed by atoms with E-state index in [0.29, 0.717) is 5.56 Å². The van der Waals surface area contributed by atoms with Gasteiger partial charge in [-0.2, -0.15) is 0 Å². The van der Waals surface area contributed by atoms with Crippen LogP contribution in [0.2, 0.25) is 0 Å². The molecule has 0 spiro atoms. The number of nitro groups is 1. The van der Waals surface area contributed by atoms with Crippen molar-refractivity contribution in [1.82, 2.24) is 5.43 Å². The molecule has 0 aliphatic heterocycles. The van der Waals surface area contributed by atoms with Gasteiger partial charge < -0.3 is 5.43 Å². The third-order valence-electron chi connectivity index (χ3n) is 3.79. The number of para-hydroxylation sites is 1. The Hall–Kier alpha value is -2.83. The van der Waals surface area contributed by atoms with Crippen molar-refractivity contribution >= 4 is 17.4 Å². The van der Waals surface area contributed by atoms with Crippen LogP contribution < -0.4 is 10.9 Å². The van der Waals surface area contributed by atoms with Crippen LogP contribution in [0.1, 0.15) is 11.6 Å². The highest BCUT2D eigenvalue weighted by Crippen LogP contribution is 2.32. The molecule has 6 heteroatoms. The predicted molar refractivity (Wildman–Crippen MR) is 105 cm³/mol. The van der Waals surface area contributed by atoms with Gasteiger partial charge in [0.25, 0.3) is 6.04 Å². The van der Waals surface area contributed by atoms with Crippen LogP contribution in [0.25, 0.3) is 0 Å². The molecular weight excluding hydrogens is 346 g/mol. The summed E-state index contributed by atoms with van der Waals surface area (Å²) >= 11 is 1.42. The van der Waals surface area contributed by atoms with Gasteiger partial charge in [-0.05, 0) is 24.3 Å². The van der Waals surface area contributed by atoms with Crippen molar-refractivity contribution in [3.8, 4) is 0 Å². The van der Waals surface area contributed by atoms with Gasteiger partial charge in [-0.1, -0.05) is 78.5 Å². The average Bonchev–Trinajstić information content (AvgIpc) is 2.68. The van der Waals surface area contributed by atoms with Crippen LogP contribution >= 0.6 is 11.8 Å². The molecule has 0 aromatic heterocycles. The number of nitrogens with one attached hydrogen (secondary N) is 2. The fraction of sp³-hybridized carbons (Fsp3) is 0.100. The normalized spacial score (nSPS) is 12.9. The summed E-state index contributed by atoms with van der Waals surface area (Å²) in [6.07, 6.45) is 0. The van der Waals surface area contributed by atoms with E-state index in [4.69, 9.17) is 0 Å². The lowest BCUT2D eigenvalue weighted by molar-refractivity contribution is -0.529. The van der Waals surface area contributed by atoms with Gasteiger partial charge in [0.2, 0.25) is 0 Å². The van der Waals surface area contributed by atoms with E-state index in [0.717, 1.165) is 10.6 Å². The highest BCUT2D eigenvalue weighted by molar-refractivity contribution is 8.00. The molecule has 3 aromatic rings. The molecule has 0 aliphatic carbocycles. The number of rotatable bonds is 8. The Morgan fingerprint density at radius 2 is 1.35 bits per heavy atom. The molecule has 0 heterocycles. The van der Waals surface area contributed by atoms with Gasteiger partial charge in [0.05, 0.1) is 0 Å². The molecule has 26 heavy (non-hydrogen) atoms. The molecular formula is C20H19N3O2S. The van der Waals surface area contributed by atoms with Crippen LogP contribution in [0.4, 0.5) is 5.69 Å². The number of hydrazine groups is 1. The van der Waals surface area contributed by atoms with Crippen molar-refractivity contribution in [3.63, 3.8) is 0 Å². The minimum atomic E-state index is -0.905. The van der Waals surface area contributed by atoms with E-state index in [2.05, 4.69) is 10.9 Å². The Bertz CT molecular complexity index is 816. The van der Waals surface area contributed by atoms with Crippen molar-refractivity contribution in [2.24, 2.45) is 0 Å². The Morgan fingerprint density at radius 1 is 0.808 bits per heavy atom. The highest BCUT2D eigenvalue weighted by Gasteiger charge is 2.34. The van der Waals surface area contributed by atoms with E-state index in [-0.39, 0.29) is 4.92 Å². The first kappa shape index (κ1) is 18.0. The maximum atomic E-state index is 11.9. The molecule has 132 valence electrons. The number of thioether (sulfide) groups is 1. The fourth-order valence-corrected chi connectivity index (χ4v) is 3.66. The van der Waals surface area contributed by atoms with Gasteiger partial charge in [0.1, 0.15) is 5.37 Å².